The molecule has 170 valence electrons. The monoisotopic (exact) mass is 458 g/mol. The Morgan fingerprint density at radius 1 is 1.00 bits per heavy atom. The summed E-state index contributed by atoms with van der Waals surface area (Å²) in [7, 11) is 6.25. The van der Waals surface area contributed by atoms with E-state index in [1.165, 1.54) is 11.8 Å². The fourth-order valence-corrected chi connectivity index (χ4v) is 3.91. The van der Waals surface area contributed by atoms with E-state index < -0.39 is 0 Å². The summed E-state index contributed by atoms with van der Waals surface area (Å²) in [6, 6.07) is 9.04. The number of rotatable bonds is 10. The summed E-state index contributed by atoms with van der Waals surface area (Å²) in [5, 5.41) is 3.19. The molecular formula is C22H26N4O5S. The number of hydrogen-bond acceptors (Lipinski definition) is 9. The molecule has 0 atom stereocenters. The summed E-state index contributed by atoms with van der Waals surface area (Å²) < 4.78 is 22.7. The van der Waals surface area contributed by atoms with Gasteiger partial charge in [0.2, 0.25) is 17.7 Å². The summed E-state index contributed by atoms with van der Waals surface area (Å²) >= 11 is 1.38. The average molecular weight is 459 g/mol. The Hall–Kier alpha value is -3.40. The Morgan fingerprint density at radius 2 is 1.78 bits per heavy atom. The molecule has 9 nitrogen and oxygen atoms in total. The van der Waals surface area contributed by atoms with Crippen LogP contribution in [0.5, 0.6) is 23.3 Å². The highest BCUT2D eigenvalue weighted by Gasteiger charge is 2.14. The minimum atomic E-state index is -0.129. The fraction of sp³-hybridized carbons (Fsp3) is 0.318. The number of methoxy groups -OCH3 is 4. The molecule has 1 N–H and O–H groups in total. The minimum Gasteiger partial charge on any atom is -0.493 e. The van der Waals surface area contributed by atoms with Crippen molar-refractivity contribution in [3.05, 3.63) is 52.4 Å². The molecule has 32 heavy (non-hydrogen) atoms. The summed E-state index contributed by atoms with van der Waals surface area (Å²) in [6.45, 7) is 2.36. The lowest BCUT2D eigenvalue weighted by atomic mass is 10.3. The van der Waals surface area contributed by atoms with Gasteiger partial charge in [0, 0.05) is 35.7 Å². The quantitative estimate of drug-likeness (QED) is 0.456. The first-order chi connectivity index (χ1) is 15.5. The summed E-state index contributed by atoms with van der Waals surface area (Å²) in [5.74, 6) is 3.08. The van der Waals surface area contributed by atoms with Crippen LogP contribution in [0.3, 0.4) is 0 Å². The molecule has 0 aliphatic heterocycles. The lowest BCUT2D eigenvalue weighted by Gasteiger charge is -2.15. The van der Waals surface area contributed by atoms with Gasteiger partial charge in [0.1, 0.15) is 0 Å². The van der Waals surface area contributed by atoms with Crippen LogP contribution < -0.4 is 29.8 Å². The number of nitrogens with zero attached hydrogens (tertiary/aromatic N) is 3. The van der Waals surface area contributed by atoms with Gasteiger partial charge in [0.15, 0.2) is 11.5 Å². The van der Waals surface area contributed by atoms with Crippen molar-refractivity contribution in [3.63, 3.8) is 0 Å². The number of ether oxygens (including phenoxy) is 4. The molecule has 0 bridgehead atoms. The van der Waals surface area contributed by atoms with Crippen molar-refractivity contribution < 1.29 is 18.9 Å². The van der Waals surface area contributed by atoms with E-state index >= 15 is 0 Å². The van der Waals surface area contributed by atoms with Gasteiger partial charge in [0.05, 0.1) is 39.5 Å². The zero-order valence-corrected chi connectivity index (χ0v) is 19.5. The highest BCUT2D eigenvalue weighted by atomic mass is 32.2. The van der Waals surface area contributed by atoms with Gasteiger partial charge in [-0.2, -0.15) is 4.98 Å². The van der Waals surface area contributed by atoms with Gasteiger partial charge in [-0.25, -0.2) is 4.98 Å². The molecule has 2 heterocycles. The van der Waals surface area contributed by atoms with E-state index in [1.54, 1.807) is 57.4 Å². The molecule has 10 heteroatoms. The standard InChI is InChI=1S/C22H26N4O5S/c1-6-26-21(27)18(32-13-14-7-10-19(30-4)25-20(14)31-5)12-23-22(26)24-15-8-9-16(28-2)17(11-15)29-3/h7-12H,6,13H2,1-5H3,(H,23,24). The number of thioether (sulfide) groups is 1. The Labute approximate surface area is 190 Å². The van der Waals surface area contributed by atoms with Crippen LogP contribution in [-0.2, 0) is 12.3 Å². The molecule has 0 aliphatic carbocycles. The van der Waals surface area contributed by atoms with Crippen LogP contribution in [-0.4, -0.2) is 43.0 Å². The molecule has 0 unspecified atom stereocenters. The SMILES string of the molecule is CCn1c(Nc2ccc(OC)c(OC)c2)ncc(SCc2ccc(OC)nc2OC)c1=O. The molecule has 1 aromatic carbocycles. The number of hydrogen-bond donors (Lipinski definition) is 1. The Bertz CT molecular complexity index is 1140. The number of pyridine rings is 1. The first kappa shape index (κ1) is 23.3. The molecular weight excluding hydrogens is 432 g/mol. The third-order valence-electron chi connectivity index (χ3n) is 4.67. The van der Waals surface area contributed by atoms with Crippen molar-refractivity contribution in [1.29, 1.82) is 0 Å². The van der Waals surface area contributed by atoms with E-state index in [0.29, 0.717) is 46.4 Å². The number of anilines is 2. The molecule has 3 aromatic rings. The smallest absolute Gasteiger partial charge is 0.268 e. The first-order valence-corrected chi connectivity index (χ1v) is 10.8. The lowest BCUT2D eigenvalue weighted by Crippen LogP contribution is -2.24. The maximum atomic E-state index is 13.1. The normalized spacial score (nSPS) is 10.5. The van der Waals surface area contributed by atoms with Gasteiger partial charge in [0.25, 0.3) is 5.56 Å². The molecule has 0 radical (unpaired) electrons. The van der Waals surface area contributed by atoms with Crippen molar-refractivity contribution in [2.75, 3.05) is 33.8 Å². The van der Waals surface area contributed by atoms with Gasteiger partial charge in [-0.1, -0.05) is 0 Å². The third kappa shape index (κ3) is 5.08. The Kier molecular flexibility index (Phi) is 7.82. The zero-order chi connectivity index (χ0) is 23.1. The Morgan fingerprint density at radius 3 is 2.44 bits per heavy atom. The highest BCUT2D eigenvalue weighted by molar-refractivity contribution is 7.98. The predicted molar refractivity (Wildman–Crippen MR) is 124 cm³/mol. The van der Waals surface area contributed by atoms with Crippen molar-refractivity contribution in [1.82, 2.24) is 14.5 Å². The number of benzene rings is 1. The second-order valence-electron chi connectivity index (χ2n) is 6.50. The molecule has 0 saturated heterocycles. The minimum absolute atomic E-state index is 0.129. The molecule has 0 spiro atoms. The van der Waals surface area contributed by atoms with Gasteiger partial charge in [-0.15, -0.1) is 11.8 Å². The third-order valence-corrected chi connectivity index (χ3v) is 5.72. The van der Waals surface area contributed by atoms with E-state index in [1.807, 2.05) is 19.1 Å². The first-order valence-electron chi connectivity index (χ1n) is 9.84. The van der Waals surface area contributed by atoms with Crippen molar-refractivity contribution in [2.45, 2.75) is 24.1 Å². The van der Waals surface area contributed by atoms with E-state index in [4.69, 9.17) is 18.9 Å². The van der Waals surface area contributed by atoms with Crippen LogP contribution in [0.15, 0.2) is 46.2 Å². The molecule has 2 aromatic heterocycles. The maximum absolute atomic E-state index is 13.1. The van der Waals surface area contributed by atoms with Gasteiger partial charge in [-0.3, -0.25) is 9.36 Å². The van der Waals surface area contributed by atoms with Gasteiger partial charge >= 0.3 is 0 Å². The molecule has 0 aliphatic rings. The van der Waals surface area contributed by atoms with Crippen molar-refractivity contribution in [2.24, 2.45) is 0 Å². The zero-order valence-electron chi connectivity index (χ0n) is 18.7. The average Bonchev–Trinajstić information content (AvgIpc) is 2.83. The van der Waals surface area contributed by atoms with E-state index in [0.717, 1.165) is 11.3 Å². The summed E-state index contributed by atoms with van der Waals surface area (Å²) in [4.78, 5) is 22.3. The van der Waals surface area contributed by atoms with E-state index in [-0.39, 0.29) is 5.56 Å². The van der Waals surface area contributed by atoms with Crippen molar-refractivity contribution >= 4 is 23.4 Å². The number of aromatic nitrogens is 3. The molecule has 0 amide bonds. The molecule has 0 saturated carbocycles. The fourth-order valence-electron chi connectivity index (χ4n) is 3.02. The maximum Gasteiger partial charge on any atom is 0.268 e. The van der Waals surface area contributed by atoms with Crippen molar-refractivity contribution in [3.8, 4) is 23.3 Å². The van der Waals surface area contributed by atoms with E-state index in [9.17, 15) is 4.79 Å². The summed E-state index contributed by atoms with van der Waals surface area (Å²) in [6.07, 6.45) is 1.58. The molecule has 0 fully saturated rings. The topological polar surface area (TPSA) is 96.7 Å². The van der Waals surface area contributed by atoms with Crippen LogP contribution in [0, 0.1) is 0 Å². The Balaban J connectivity index is 1.82. The second kappa shape index (κ2) is 10.8. The van der Waals surface area contributed by atoms with Gasteiger partial charge < -0.3 is 24.3 Å². The van der Waals surface area contributed by atoms with Crippen LogP contribution >= 0.6 is 11.8 Å². The van der Waals surface area contributed by atoms with Crippen LogP contribution in [0.25, 0.3) is 0 Å². The largest absolute Gasteiger partial charge is 0.493 e. The highest BCUT2D eigenvalue weighted by Crippen LogP contribution is 2.31. The van der Waals surface area contributed by atoms with Crippen LogP contribution in [0.2, 0.25) is 0 Å². The number of nitrogens with one attached hydrogen (secondary N) is 1. The second-order valence-corrected chi connectivity index (χ2v) is 7.52. The van der Waals surface area contributed by atoms with Gasteiger partial charge in [-0.05, 0) is 25.1 Å². The van der Waals surface area contributed by atoms with Crippen LogP contribution in [0.4, 0.5) is 11.6 Å². The van der Waals surface area contributed by atoms with Crippen LogP contribution in [0.1, 0.15) is 12.5 Å². The molecule has 3 rings (SSSR count). The predicted octanol–water partition coefficient (Wildman–Crippen LogP) is 3.73. The van der Waals surface area contributed by atoms with E-state index in [2.05, 4.69) is 15.3 Å². The summed E-state index contributed by atoms with van der Waals surface area (Å²) in [5.41, 5.74) is 1.45. The lowest BCUT2D eigenvalue weighted by molar-refractivity contribution is 0.355.